The molecule has 27 heavy (non-hydrogen) atoms. The van der Waals surface area contributed by atoms with E-state index < -0.39 is 23.3 Å². The lowest BCUT2D eigenvalue weighted by Gasteiger charge is -2.18. The van der Waals surface area contributed by atoms with Gasteiger partial charge in [0.15, 0.2) is 0 Å². The van der Waals surface area contributed by atoms with Crippen molar-refractivity contribution in [1.82, 2.24) is 4.98 Å². The van der Waals surface area contributed by atoms with Crippen LogP contribution < -0.4 is 5.56 Å². The van der Waals surface area contributed by atoms with E-state index in [0.717, 1.165) is 0 Å². The van der Waals surface area contributed by atoms with E-state index in [1.54, 1.807) is 27.7 Å². The monoisotopic (exact) mass is 375 g/mol. The van der Waals surface area contributed by atoms with Crippen LogP contribution in [-0.2, 0) is 9.47 Å². The SMILES string of the molecule is CCOC(=O)c1c(C(C)C)[nH]c(=O)c(C(=O)OCC)c1-c1ccc(F)cc1. The fourth-order valence-electron chi connectivity index (χ4n) is 2.77. The van der Waals surface area contributed by atoms with Crippen LogP contribution in [0.2, 0.25) is 0 Å². The Kier molecular flexibility index (Phi) is 6.50. The number of hydrogen-bond donors (Lipinski definition) is 1. The minimum absolute atomic E-state index is 0.0573. The Hall–Kier alpha value is -2.96. The molecule has 0 radical (unpaired) electrons. The van der Waals surface area contributed by atoms with E-state index in [-0.39, 0.29) is 35.8 Å². The Morgan fingerprint density at radius 1 is 1.00 bits per heavy atom. The average Bonchev–Trinajstić information content (AvgIpc) is 2.61. The molecule has 6 nitrogen and oxygen atoms in total. The summed E-state index contributed by atoms with van der Waals surface area (Å²) >= 11 is 0. The summed E-state index contributed by atoms with van der Waals surface area (Å²) in [5, 5.41) is 0. The Balaban J connectivity index is 2.94. The van der Waals surface area contributed by atoms with Gasteiger partial charge in [0.05, 0.1) is 18.8 Å². The van der Waals surface area contributed by atoms with Crippen molar-refractivity contribution in [3.63, 3.8) is 0 Å². The summed E-state index contributed by atoms with van der Waals surface area (Å²) in [4.78, 5) is 40.5. The van der Waals surface area contributed by atoms with E-state index in [1.165, 1.54) is 24.3 Å². The minimum atomic E-state index is -0.862. The summed E-state index contributed by atoms with van der Waals surface area (Å²) in [6, 6.07) is 5.18. The van der Waals surface area contributed by atoms with Crippen molar-refractivity contribution >= 4 is 11.9 Å². The molecule has 0 saturated carbocycles. The van der Waals surface area contributed by atoms with Gasteiger partial charge >= 0.3 is 11.9 Å². The number of pyridine rings is 1. The van der Waals surface area contributed by atoms with Crippen molar-refractivity contribution in [1.29, 1.82) is 0 Å². The zero-order valence-electron chi connectivity index (χ0n) is 15.7. The number of rotatable bonds is 6. The molecule has 7 heteroatoms. The van der Waals surface area contributed by atoms with Gasteiger partial charge < -0.3 is 14.5 Å². The highest BCUT2D eigenvalue weighted by molar-refractivity contribution is 6.06. The van der Waals surface area contributed by atoms with Gasteiger partial charge in [0, 0.05) is 11.3 Å². The first-order valence-electron chi connectivity index (χ1n) is 8.72. The van der Waals surface area contributed by atoms with Crippen molar-refractivity contribution < 1.29 is 23.5 Å². The summed E-state index contributed by atoms with van der Waals surface area (Å²) in [5.74, 6) is -2.25. The number of aromatic nitrogens is 1. The Morgan fingerprint density at radius 2 is 1.52 bits per heavy atom. The summed E-state index contributed by atoms with van der Waals surface area (Å²) in [7, 11) is 0. The van der Waals surface area contributed by atoms with Gasteiger partial charge in [-0.05, 0) is 37.5 Å². The third-order valence-corrected chi connectivity index (χ3v) is 3.91. The van der Waals surface area contributed by atoms with Crippen molar-refractivity contribution in [3.8, 4) is 11.1 Å². The molecule has 0 aliphatic heterocycles. The van der Waals surface area contributed by atoms with Crippen molar-refractivity contribution in [2.75, 3.05) is 13.2 Å². The van der Waals surface area contributed by atoms with Crippen LogP contribution in [0.5, 0.6) is 0 Å². The average molecular weight is 375 g/mol. The van der Waals surface area contributed by atoms with Crippen LogP contribution in [-0.4, -0.2) is 30.1 Å². The van der Waals surface area contributed by atoms with Crippen LogP contribution >= 0.6 is 0 Å². The fraction of sp³-hybridized carbons (Fsp3) is 0.350. The second kappa shape index (κ2) is 8.62. The quantitative estimate of drug-likeness (QED) is 0.779. The van der Waals surface area contributed by atoms with Gasteiger partial charge in [0.25, 0.3) is 5.56 Å². The second-order valence-electron chi connectivity index (χ2n) is 6.10. The largest absolute Gasteiger partial charge is 0.462 e. The number of carbonyl (C=O) groups excluding carboxylic acids is 2. The topological polar surface area (TPSA) is 85.5 Å². The van der Waals surface area contributed by atoms with Crippen LogP contribution in [0, 0.1) is 5.82 Å². The summed E-state index contributed by atoms with van der Waals surface area (Å²) in [6.45, 7) is 7.04. The first-order chi connectivity index (χ1) is 12.8. The van der Waals surface area contributed by atoms with Crippen LogP contribution in [0.25, 0.3) is 11.1 Å². The van der Waals surface area contributed by atoms with E-state index in [4.69, 9.17) is 9.47 Å². The number of aromatic amines is 1. The molecule has 0 atom stereocenters. The van der Waals surface area contributed by atoms with Gasteiger partial charge in [-0.1, -0.05) is 26.0 Å². The number of hydrogen-bond acceptors (Lipinski definition) is 5. The smallest absolute Gasteiger partial charge is 0.344 e. The van der Waals surface area contributed by atoms with Crippen LogP contribution in [0.3, 0.4) is 0 Å². The van der Waals surface area contributed by atoms with E-state index in [1.807, 2.05) is 0 Å². The second-order valence-corrected chi connectivity index (χ2v) is 6.10. The van der Waals surface area contributed by atoms with Gasteiger partial charge in [-0.15, -0.1) is 0 Å². The molecule has 1 N–H and O–H groups in total. The predicted molar refractivity (Wildman–Crippen MR) is 98.5 cm³/mol. The van der Waals surface area contributed by atoms with Crippen molar-refractivity contribution in [2.45, 2.75) is 33.6 Å². The zero-order valence-corrected chi connectivity index (χ0v) is 15.7. The van der Waals surface area contributed by atoms with Crippen LogP contribution in [0.15, 0.2) is 29.1 Å². The third-order valence-electron chi connectivity index (χ3n) is 3.91. The maximum absolute atomic E-state index is 13.4. The molecule has 144 valence electrons. The van der Waals surface area contributed by atoms with Gasteiger partial charge in [0.1, 0.15) is 11.4 Å². The molecule has 0 aliphatic rings. The first kappa shape index (κ1) is 20.4. The lowest BCUT2D eigenvalue weighted by molar-refractivity contribution is 0.0523. The minimum Gasteiger partial charge on any atom is -0.462 e. The zero-order chi connectivity index (χ0) is 20.1. The summed E-state index contributed by atoms with van der Waals surface area (Å²) in [5.41, 5.74) is -0.151. The Labute approximate surface area is 156 Å². The number of ether oxygens (including phenoxy) is 2. The van der Waals surface area contributed by atoms with Crippen LogP contribution in [0.1, 0.15) is 60.0 Å². The molecule has 0 bridgehead atoms. The highest BCUT2D eigenvalue weighted by atomic mass is 19.1. The molecular formula is C20H22FNO5. The summed E-state index contributed by atoms with van der Waals surface area (Å²) in [6.07, 6.45) is 0. The number of nitrogens with one attached hydrogen (secondary N) is 1. The molecule has 2 rings (SSSR count). The highest BCUT2D eigenvalue weighted by Crippen LogP contribution is 2.32. The third kappa shape index (κ3) is 4.24. The number of H-pyrrole nitrogens is 1. The van der Waals surface area contributed by atoms with Crippen LogP contribution in [0.4, 0.5) is 4.39 Å². The van der Waals surface area contributed by atoms with E-state index in [0.29, 0.717) is 11.3 Å². The lowest BCUT2D eigenvalue weighted by atomic mass is 9.91. The molecule has 2 aromatic rings. The molecule has 0 unspecified atom stereocenters. The maximum atomic E-state index is 13.4. The maximum Gasteiger partial charge on any atom is 0.344 e. The highest BCUT2D eigenvalue weighted by Gasteiger charge is 2.30. The molecule has 0 aliphatic carbocycles. The van der Waals surface area contributed by atoms with E-state index in [9.17, 15) is 18.8 Å². The number of halogens is 1. The molecule has 0 fully saturated rings. The van der Waals surface area contributed by atoms with Gasteiger partial charge in [-0.3, -0.25) is 4.79 Å². The fourth-order valence-corrected chi connectivity index (χ4v) is 2.77. The number of carbonyl (C=O) groups is 2. The first-order valence-corrected chi connectivity index (χ1v) is 8.72. The molecule has 0 amide bonds. The molecule has 1 aromatic carbocycles. The molecule has 1 aromatic heterocycles. The standard InChI is InChI=1S/C20H22FNO5/c1-5-26-19(24)15-14(12-7-9-13(21)10-8-12)16(20(25)27-6-2)18(23)22-17(15)11(3)4/h7-11H,5-6H2,1-4H3,(H,22,23). The van der Waals surface area contributed by atoms with E-state index in [2.05, 4.69) is 4.98 Å². The Bertz CT molecular complexity index is 900. The number of benzene rings is 1. The Morgan fingerprint density at radius 3 is 2.00 bits per heavy atom. The van der Waals surface area contributed by atoms with Crippen molar-refractivity contribution in [3.05, 3.63) is 57.3 Å². The summed E-state index contributed by atoms with van der Waals surface area (Å²) < 4.78 is 23.6. The number of esters is 2. The predicted octanol–water partition coefficient (Wildman–Crippen LogP) is 3.66. The molecular weight excluding hydrogens is 353 g/mol. The lowest BCUT2D eigenvalue weighted by Crippen LogP contribution is -2.27. The van der Waals surface area contributed by atoms with Crippen molar-refractivity contribution in [2.24, 2.45) is 0 Å². The van der Waals surface area contributed by atoms with Gasteiger partial charge in [-0.2, -0.15) is 0 Å². The van der Waals surface area contributed by atoms with Gasteiger partial charge in [-0.25, -0.2) is 14.0 Å². The van der Waals surface area contributed by atoms with E-state index >= 15 is 0 Å². The normalized spacial score (nSPS) is 10.7. The van der Waals surface area contributed by atoms with Gasteiger partial charge in [0.2, 0.25) is 0 Å². The molecule has 1 heterocycles. The molecule has 0 spiro atoms. The molecule has 0 saturated heterocycles.